The summed E-state index contributed by atoms with van der Waals surface area (Å²) < 4.78 is 6.80. The molecule has 1 aromatic carbocycles. The summed E-state index contributed by atoms with van der Waals surface area (Å²) in [7, 11) is 0. The number of rotatable bonds is 5. The van der Waals surface area contributed by atoms with E-state index < -0.39 is 0 Å². The predicted octanol–water partition coefficient (Wildman–Crippen LogP) is 3.55. The molecule has 0 aliphatic rings. The Bertz CT molecular complexity index is 396. The molecular weight excluding hydrogens is 350 g/mol. The number of carbonyl (C=O) groups is 1. The third kappa shape index (κ3) is 4.77. The van der Waals surface area contributed by atoms with E-state index in [1.165, 1.54) is 0 Å². The zero-order valence-electron chi connectivity index (χ0n) is 9.58. The maximum atomic E-state index is 11.2. The smallest absolute Gasteiger partial charge is 0.305 e. The molecule has 0 spiro atoms. The first-order chi connectivity index (χ1) is 8.04. The van der Waals surface area contributed by atoms with Crippen LogP contribution in [0, 0.1) is 0 Å². The van der Waals surface area contributed by atoms with E-state index in [9.17, 15) is 4.79 Å². The molecule has 1 unspecified atom stereocenters. The highest BCUT2D eigenvalue weighted by atomic mass is 79.9. The lowest BCUT2D eigenvalue weighted by atomic mass is 10.0. The lowest BCUT2D eigenvalue weighted by molar-refractivity contribution is -0.143. The Morgan fingerprint density at radius 2 is 2.18 bits per heavy atom. The van der Waals surface area contributed by atoms with Gasteiger partial charge in [0.05, 0.1) is 6.61 Å². The molecule has 1 aromatic rings. The van der Waals surface area contributed by atoms with Gasteiger partial charge in [0, 0.05) is 21.4 Å². The summed E-state index contributed by atoms with van der Waals surface area (Å²) in [6.45, 7) is 2.21. The number of hydrogen-bond donors (Lipinski definition) is 1. The van der Waals surface area contributed by atoms with Gasteiger partial charge in [-0.3, -0.25) is 4.79 Å². The molecule has 1 atom stereocenters. The van der Waals surface area contributed by atoms with Crippen molar-refractivity contribution in [1.29, 1.82) is 0 Å². The van der Waals surface area contributed by atoms with E-state index >= 15 is 0 Å². The monoisotopic (exact) mass is 363 g/mol. The minimum Gasteiger partial charge on any atom is -0.466 e. The highest BCUT2D eigenvalue weighted by Crippen LogP contribution is 2.28. The molecule has 17 heavy (non-hydrogen) atoms. The van der Waals surface area contributed by atoms with E-state index in [4.69, 9.17) is 10.5 Å². The Labute approximate surface area is 118 Å². The quantitative estimate of drug-likeness (QED) is 0.812. The van der Waals surface area contributed by atoms with Crippen LogP contribution in [-0.4, -0.2) is 12.6 Å². The summed E-state index contributed by atoms with van der Waals surface area (Å²) in [5, 5.41) is 0. The van der Waals surface area contributed by atoms with Gasteiger partial charge in [0.2, 0.25) is 0 Å². The van der Waals surface area contributed by atoms with Gasteiger partial charge in [-0.2, -0.15) is 0 Å². The fraction of sp³-hybridized carbons (Fsp3) is 0.417. The van der Waals surface area contributed by atoms with E-state index in [1.54, 1.807) is 6.92 Å². The van der Waals surface area contributed by atoms with Crippen molar-refractivity contribution in [2.75, 3.05) is 6.61 Å². The second-order valence-electron chi connectivity index (χ2n) is 3.62. The number of ether oxygens (including phenoxy) is 1. The van der Waals surface area contributed by atoms with Crippen molar-refractivity contribution in [1.82, 2.24) is 0 Å². The molecule has 94 valence electrons. The Kier molecular flexibility index (Phi) is 6.16. The van der Waals surface area contributed by atoms with Crippen molar-refractivity contribution in [3.8, 4) is 0 Å². The Morgan fingerprint density at radius 1 is 1.47 bits per heavy atom. The predicted molar refractivity (Wildman–Crippen MR) is 74.6 cm³/mol. The number of halogens is 2. The van der Waals surface area contributed by atoms with Gasteiger partial charge in [0.1, 0.15) is 0 Å². The molecule has 3 nitrogen and oxygen atoms in total. The van der Waals surface area contributed by atoms with Crippen molar-refractivity contribution in [3.05, 3.63) is 32.7 Å². The molecule has 0 saturated carbocycles. The number of carbonyl (C=O) groups excluding carboxylic acids is 1. The fourth-order valence-electron chi connectivity index (χ4n) is 1.46. The molecule has 0 aromatic heterocycles. The van der Waals surface area contributed by atoms with Gasteiger partial charge in [-0.15, -0.1) is 0 Å². The molecule has 0 fully saturated rings. The molecule has 0 aliphatic heterocycles. The molecule has 0 aliphatic carbocycles. The molecule has 0 saturated heterocycles. The van der Waals surface area contributed by atoms with Crippen molar-refractivity contribution in [2.24, 2.45) is 5.73 Å². The summed E-state index contributed by atoms with van der Waals surface area (Å²) in [4.78, 5) is 11.2. The first kappa shape index (κ1) is 14.7. The van der Waals surface area contributed by atoms with Gasteiger partial charge in [0.15, 0.2) is 0 Å². The van der Waals surface area contributed by atoms with Crippen LogP contribution in [0.3, 0.4) is 0 Å². The number of benzene rings is 1. The van der Waals surface area contributed by atoms with Gasteiger partial charge >= 0.3 is 5.97 Å². The van der Waals surface area contributed by atoms with Crippen LogP contribution in [-0.2, 0) is 9.53 Å². The van der Waals surface area contributed by atoms with Gasteiger partial charge in [-0.25, -0.2) is 0 Å². The average Bonchev–Trinajstić information content (AvgIpc) is 2.29. The maximum Gasteiger partial charge on any atom is 0.305 e. The normalized spacial score (nSPS) is 12.2. The Morgan fingerprint density at radius 3 is 2.82 bits per heavy atom. The Hall–Kier alpha value is -0.390. The second-order valence-corrected chi connectivity index (χ2v) is 5.39. The molecule has 0 radical (unpaired) electrons. The zero-order valence-corrected chi connectivity index (χ0v) is 12.8. The molecule has 5 heteroatoms. The van der Waals surface area contributed by atoms with Crippen molar-refractivity contribution >= 4 is 37.8 Å². The molecule has 0 heterocycles. The SMILES string of the molecule is CCOC(=O)CCC(N)c1cc(Br)ccc1Br. The van der Waals surface area contributed by atoms with Crippen LogP contribution in [0.15, 0.2) is 27.1 Å². The standard InChI is InChI=1S/C12H15Br2NO2/c1-2-17-12(16)6-5-11(15)9-7-8(13)3-4-10(9)14/h3-4,7,11H,2,5-6,15H2,1H3. The lowest BCUT2D eigenvalue weighted by Crippen LogP contribution is -2.14. The van der Waals surface area contributed by atoms with Crippen molar-refractivity contribution in [3.63, 3.8) is 0 Å². The van der Waals surface area contributed by atoms with E-state index in [0.717, 1.165) is 14.5 Å². The largest absolute Gasteiger partial charge is 0.466 e. The zero-order chi connectivity index (χ0) is 12.8. The molecule has 1 rings (SSSR count). The topological polar surface area (TPSA) is 52.3 Å². The molecule has 0 bridgehead atoms. The lowest BCUT2D eigenvalue weighted by Gasteiger charge is -2.13. The Balaban J connectivity index is 2.60. The number of esters is 1. The summed E-state index contributed by atoms with van der Waals surface area (Å²) in [5.74, 6) is -0.200. The average molecular weight is 365 g/mol. The molecular formula is C12H15Br2NO2. The molecule has 2 N–H and O–H groups in total. The van der Waals surface area contributed by atoms with E-state index in [2.05, 4.69) is 31.9 Å². The first-order valence-corrected chi connectivity index (χ1v) is 6.99. The van der Waals surface area contributed by atoms with Crippen LogP contribution < -0.4 is 5.73 Å². The summed E-state index contributed by atoms with van der Waals surface area (Å²) >= 11 is 6.85. The number of nitrogens with two attached hydrogens (primary N) is 1. The van der Waals surface area contributed by atoms with Crippen LogP contribution in [0.4, 0.5) is 0 Å². The first-order valence-electron chi connectivity index (χ1n) is 5.40. The minimum absolute atomic E-state index is 0.175. The fourth-order valence-corrected chi connectivity index (χ4v) is 2.38. The highest BCUT2D eigenvalue weighted by molar-refractivity contribution is 9.11. The van der Waals surface area contributed by atoms with Gasteiger partial charge in [0.25, 0.3) is 0 Å². The number of hydrogen-bond acceptors (Lipinski definition) is 3. The van der Waals surface area contributed by atoms with Crippen LogP contribution in [0.1, 0.15) is 31.4 Å². The molecule has 0 amide bonds. The van der Waals surface area contributed by atoms with Crippen LogP contribution in [0.25, 0.3) is 0 Å². The third-order valence-electron chi connectivity index (χ3n) is 2.32. The third-order valence-corrected chi connectivity index (χ3v) is 3.54. The van der Waals surface area contributed by atoms with Gasteiger partial charge in [-0.1, -0.05) is 31.9 Å². The highest BCUT2D eigenvalue weighted by Gasteiger charge is 2.12. The minimum atomic E-state index is -0.200. The van der Waals surface area contributed by atoms with Crippen LogP contribution >= 0.6 is 31.9 Å². The summed E-state index contributed by atoms with van der Waals surface area (Å²) in [6, 6.07) is 5.65. The van der Waals surface area contributed by atoms with Crippen molar-refractivity contribution in [2.45, 2.75) is 25.8 Å². The van der Waals surface area contributed by atoms with Gasteiger partial charge in [-0.05, 0) is 37.1 Å². The van der Waals surface area contributed by atoms with Crippen LogP contribution in [0.5, 0.6) is 0 Å². The van der Waals surface area contributed by atoms with E-state index in [-0.39, 0.29) is 12.0 Å². The van der Waals surface area contributed by atoms with E-state index in [0.29, 0.717) is 19.4 Å². The van der Waals surface area contributed by atoms with Crippen molar-refractivity contribution < 1.29 is 9.53 Å². The van der Waals surface area contributed by atoms with E-state index in [1.807, 2.05) is 18.2 Å². The maximum absolute atomic E-state index is 11.2. The van der Waals surface area contributed by atoms with Gasteiger partial charge < -0.3 is 10.5 Å². The second kappa shape index (κ2) is 7.13. The summed E-state index contributed by atoms with van der Waals surface area (Å²) in [5.41, 5.74) is 7.04. The summed E-state index contributed by atoms with van der Waals surface area (Å²) in [6.07, 6.45) is 0.918. The van der Waals surface area contributed by atoms with Crippen LogP contribution in [0.2, 0.25) is 0 Å².